The lowest BCUT2D eigenvalue weighted by atomic mass is 10.0. The Labute approximate surface area is 201 Å². The van der Waals surface area contributed by atoms with E-state index >= 15 is 0 Å². The quantitative estimate of drug-likeness (QED) is 0.198. The highest BCUT2D eigenvalue weighted by Gasteiger charge is 2.04. The second-order valence-corrected chi connectivity index (χ2v) is 9.22. The number of benzene rings is 1. The minimum absolute atomic E-state index is 0.598. The minimum atomic E-state index is -0.598. The number of nitrogens with zero attached hydrogens (tertiary/aromatic N) is 2. The van der Waals surface area contributed by atoms with Crippen LogP contribution in [-0.2, 0) is 6.42 Å². The summed E-state index contributed by atoms with van der Waals surface area (Å²) in [4.78, 5) is 8.97. The van der Waals surface area contributed by atoms with Crippen LogP contribution in [0, 0.1) is 0 Å². The van der Waals surface area contributed by atoms with Gasteiger partial charge in [0.2, 0.25) is 0 Å². The van der Waals surface area contributed by atoms with Gasteiger partial charge in [-0.05, 0) is 37.7 Å². The molecule has 0 aliphatic rings. The molecule has 1 aromatic carbocycles. The molecule has 0 aliphatic heterocycles. The Kier molecular flexibility index (Phi) is 14.5. The molecule has 1 aromatic heterocycles. The van der Waals surface area contributed by atoms with E-state index in [2.05, 4.69) is 41.2 Å². The van der Waals surface area contributed by atoms with Gasteiger partial charge in [0.25, 0.3) is 0 Å². The lowest BCUT2D eigenvalue weighted by molar-refractivity contribution is 0.296. The number of halogens is 1. The molecule has 33 heavy (non-hydrogen) atoms. The predicted octanol–water partition coefficient (Wildman–Crippen LogP) is 8.90. The maximum Gasteiger partial charge on any atom is 0.159 e. The van der Waals surface area contributed by atoms with Crippen LogP contribution in [0.2, 0.25) is 0 Å². The maximum absolute atomic E-state index is 13.2. The average molecular weight is 457 g/mol. The van der Waals surface area contributed by atoms with Gasteiger partial charge in [-0.2, -0.15) is 0 Å². The summed E-state index contributed by atoms with van der Waals surface area (Å²) in [7, 11) is 0. The lowest BCUT2D eigenvalue weighted by Gasteiger charge is -2.07. The fourth-order valence-corrected chi connectivity index (χ4v) is 4.04. The third kappa shape index (κ3) is 12.2. The molecule has 0 bridgehead atoms. The van der Waals surface area contributed by atoms with Crippen LogP contribution in [0.1, 0.15) is 109 Å². The average Bonchev–Trinajstić information content (AvgIpc) is 2.85. The molecular formula is C29H45FN2O. The monoisotopic (exact) mass is 456 g/mol. The van der Waals surface area contributed by atoms with E-state index in [1.165, 1.54) is 63.4 Å². The third-order valence-corrected chi connectivity index (χ3v) is 6.28. The van der Waals surface area contributed by atoms with Crippen LogP contribution in [0.15, 0.2) is 36.7 Å². The van der Waals surface area contributed by atoms with Crippen molar-refractivity contribution in [2.75, 3.05) is 6.61 Å². The van der Waals surface area contributed by atoms with Crippen molar-refractivity contribution in [2.24, 2.45) is 0 Å². The van der Waals surface area contributed by atoms with Crippen LogP contribution in [0.4, 0.5) is 4.39 Å². The molecule has 0 spiro atoms. The molecule has 0 saturated carbocycles. The Morgan fingerprint density at radius 2 is 1.36 bits per heavy atom. The minimum Gasteiger partial charge on any atom is -0.490 e. The number of rotatable bonds is 19. The molecular weight excluding hydrogens is 411 g/mol. The van der Waals surface area contributed by atoms with E-state index in [9.17, 15) is 4.39 Å². The van der Waals surface area contributed by atoms with Gasteiger partial charge in [0.1, 0.15) is 0 Å². The zero-order valence-electron chi connectivity index (χ0n) is 21.0. The van der Waals surface area contributed by atoms with Gasteiger partial charge in [-0.3, -0.25) is 0 Å². The van der Waals surface area contributed by atoms with Crippen molar-refractivity contribution in [1.29, 1.82) is 0 Å². The van der Waals surface area contributed by atoms with E-state index < -0.39 is 6.17 Å². The Hall–Kier alpha value is -1.97. The highest BCUT2D eigenvalue weighted by atomic mass is 19.1. The molecule has 0 radical (unpaired) electrons. The smallest absolute Gasteiger partial charge is 0.159 e. The standard InChI is InChI=1S/C29H45FN2O/c1-3-5-6-7-12-15-22-33-28-23-31-29(32-24-28)26-20-18-25(19-21-26)16-13-10-8-9-11-14-17-27(30)4-2/h18-21,23-24,27H,3-17,22H2,1-2H3. The van der Waals surface area contributed by atoms with Gasteiger partial charge in [0.15, 0.2) is 11.6 Å². The van der Waals surface area contributed by atoms with Crippen molar-refractivity contribution >= 4 is 0 Å². The van der Waals surface area contributed by atoms with Crippen molar-refractivity contribution in [3.8, 4) is 17.1 Å². The van der Waals surface area contributed by atoms with Crippen molar-refractivity contribution in [1.82, 2.24) is 9.97 Å². The van der Waals surface area contributed by atoms with Gasteiger partial charge >= 0.3 is 0 Å². The van der Waals surface area contributed by atoms with Gasteiger partial charge in [-0.1, -0.05) is 102 Å². The number of aryl methyl sites for hydroxylation is 1. The van der Waals surface area contributed by atoms with Gasteiger partial charge in [0, 0.05) is 5.56 Å². The number of ether oxygens (including phenoxy) is 1. The normalized spacial score (nSPS) is 12.1. The first-order valence-electron chi connectivity index (χ1n) is 13.4. The van der Waals surface area contributed by atoms with E-state index in [-0.39, 0.29) is 0 Å². The van der Waals surface area contributed by atoms with E-state index in [0.29, 0.717) is 6.42 Å². The lowest BCUT2D eigenvalue weighted by Crippen LogP contribution is -1.99. The van der Waals surface area contributed by atoms with Gasteiger partial charge in [0.05, 0.1) is 25.2 Å². The van der Waals surface area contributed by atoms with Gasteiger partial charge in [-0.25, -0.2) is 14.4 Å². The molecule has 184 valence electrons. The molecule has 0 fully saturated rings. The topological polar surface area (TPSA) is 35.0 Å². The van der Waals surface area contributed by atoms with Gasteiger partial charge in [-0.15, -0.1) is 0 Å². The Morgan fingerprint density at radius 1 is 0.758 bits per heavy atom. The first-order valence-corrected chi connectivity index (χ1v) is 13.4. The van der Waals surface area contributed by atoms with Crippen LogP contribution in [-0.4, -0.2) is 22.7 Å². The number of hydrogen-bond donors (Lipinski definition) is 0. The van der Waals surface area contributed by atoms with Crippen molar-refractivity contribution < 1.29 is 9.13 Å². The largest absolute Gasteiger partial charge is 0.490 e. The maximum atomic E-state index is 13.2. The highest BCUT2D eigenvalue weighted by molar-refractivity contribution is 5.55. The Morgan fingerprint density at radius 3 is 2.03 bits per heavy atom. The first kappa shape index (κ1) is 27.3. The summed E-state index contributed by atoms with van der Waals surface area (Å²) in [6.45, 7) is 4.90. The molecule has 1 atom stereocenters. The number of alkyl halides is 1. The zero-order chi connectivity index (χ0) is 23.6. The third-order valence-electron chi connectivity index (χ3n) is 6.28. The SMILES string of the molecule is CCCCCCCCOc1cnc(-c2ccc(CCCCCCCCC(F)CC)cc2)nc1. The fourth-order valence-electron chi connectivity index (χ4n) is 4.04. The summed E-state index contributed by atoms with van der Waals surface area (Å²) >= 11 is 0. The van der Waals surface area contributed by atoms with Crippen LogP contribution < -0.4 is 4.74 Å². The van der Waals surface area contributed by atoms with E-state index in [0.717, 1.165) is 55.8 Å². The van der Waals surface area contributed by atoms with Crippen molar-refractivity contribution in [3.05, 3.63) is 42.2 Å². The molecule has 0 N–H and O–H groups in total. The number of unbranched alkanes of at least 4 members (excludes halogenated alkanes) is 10. The second-order valence-electron chi connectivity index (χ2n) is 9.22. The molecule has 1 heterocycles. The van der Waals surface area contributed by atoms with Crippen LogP contribution >= 0.6 is 0 Å². The highest BCUT2D eigenvalue weighted by Crippen LogP contribution is 2.19. The van der Waals surface area contributed by atoms with Crippen LogP contribution in [0.25, 0.3) is 11.4 Å². The zero-order valence-corrected chi connectivity index (χ0v) is 21.0. The number of hydrogen-bond acceptors (Lipinski definition) is 3. The van der Waals surface area contributed by atoms with Gasteiger partial charge < -0.3 is 4.74 Å². The Balaban J connectivity index is 1.60. The van der Waals surface area contributed by atoms with Crippen LogP contribution in [0.5, 0.6) is 5.75 Å². The van der Waals surface area contributed by atoms with Crippen molar-refractivity contribution in [2.45, 2.75) is 116 Å². The van der Waals surface area contributed by atoms with E-state index in [1.54, 1.807) is 12.4 Å². The molecule has 2 rings (SSSR count). The molecule has 3 nitrogen and oxygen atoms in total. The van der Waals surface area contributed by atoms with Crippen molar-refractivity contribution in [3.63, 3.8) is 0 Å². The molecule has 0 amide bonds. The summed E-state index contributed by atoms with van der Waals surface area (Å²) in [5.41, 5.74) is 2.40. The summed E-state index contributed by atoms with van der Waals surface area (Å²) in [5, 5.41) is 0. The van der Waals surface area contributed by atoms with E-state index in [4.69, 9.17) is 4.74 Å². The first-order chi connectivity index (χ1) is 16.2. The molecule has 4 heteroatoms. The summed E-state index contributed by atoms with van der Waals surface area (Å²) in [6.07, 6.45) is 20.2. The summed E-state index contributed by atoms with van der Waals surface area (Å²) in [6, 6.07) is 8.60. The number of aromatic nitrogens is 2. The molecule has 0 aliphatic carbocycles. The summed E-state index contributed by atoms with van der Waals surface area (Å²) < 4.78 is 19.0. The van der Waals surface area contributed by atoms with E-state index in [1.807, 2.05) is 6.92 Å². The predicted molar refractivity (Wildman–Crippen MR) is 138 cm³/mol. The second kappa shape index (κ2) is 17.5. The molecule has 1 unspecified atom stereocenters. The fraction of sp³-hybridized carbons (Fsp3) is 0.655. The van der Waals surface area contributed by atoms with Crippen LogP contribution in [0.3, 0.4) is 0 Å². The Bertz CT molecular complexity index is 717. The molecule has 0 saturated heterocycles. The summed E-state index contributed by atoms with van der Waals surface area (Å²) in [5.74, 6) is 1.49. The molecule has 2 aromatic rings.